The third-order valence-corrected chi connectivity index (χ3v) is 4.69. The minimum atomic E-state index is -0.418. The van der Waals surface area contributed by atoms with E-state index in [4.69, 9.17) is 5.73 Å². The van der Waals surface area contributed by atoms with Crippen LogP contribution in [0.15, 0.2) is 0 Å². The number of hydrogen-bond donors (Lipinski definition) is 3. The number of carbonyl (C=O) groups excluding carboxylic acids is 2. The lowest BCUT2D eigenvalue weighted by atomic mass is 10.2. The van der Waals surface area contributed by atoms with Crippen LogP contribution in [0.5, 0.6) is 0 Å². The summed E-state index contributed by atoms with van der Waals surface area (Å²) in [4.78, 5) is 28.0. The van der Waals surface area contributed by atoms with E-state index in [2.05, 4.69) is 5.32 Å². The molecule has 0 saturated carbocycles. The van der Waals surface area contributed by atoms with E-state index in [0.29, 0.717) is 35.0 Å². The highest BCUT2D eigenvalue weighted by atomic mass is 32.1. The molecular weight excluding hydrogens is 292 g/mol. The van der Waals surface area contributed by atoms with E-state index in [9.17, 15) is 14.7 Å². The number of rotatable bonds is 3. The van der Waals surface area contributed by atoms with E-state index >= 15 is 0 Å². The van der Waals surface area contributed by atoms with Crippen LogP contribution in [-0.2, 0) is 0 Å². The summed E-state index contributed by atoms with van der Waals surface area (Å²) in [6.45, 7) is 1.08. The Kier molecular flexibility index (Phi) is 4.38. The van der Waals surface area contributed by atoms with E-state index in [1.807, 2.05) is 4.90 Å². The molecule has 4 N–H and O–H groups in total. The number of aliphatic hydroxyl groups is 1. The quantitative estimate of drug-likeness (QED) is 0.727. The van der Waals surface area contributed by atoms with Crippen LogP contribution < -0.4 is 16.0 Å². The Balaban J connectivity index is 2.50. The number of thiophene rings is 1. The fourth-order valence-electron chi connectivity index (χ4n) is 2.29. The van der Waals surface area contributed by atoms with Crippen molar-refractivity contribution in [2.75, 3.05) is 44.9 Å². The summed E-state index contributed by atoms with van der Waals surface area (Å²) < 4.78 is 0. The maximum absolute atomic E-state index is 12.2. The maximum Gasteiger partial charge on any atom is 0.265 e. The van der Waals surface area contributed by atoms with Crippen molar-refractivity contribution in [3.63, 3.8) is 0 Å². The van der Waals surface area contributed by atoms with Gasteiger partial charge in [-0.1, -0.05) is 0 Å². The van der Waals surface area contributed by atoms with Gasteiger partial charge in [0.2, 0.25) is 0 Å². The van der Waals surface area contributed by atoms with Gasteiger partial charge in [-0.3, -0.25) is 9.59 Å². The van der Waals surface area contributed by atoms with E-state index in [-0.39, 0.29) is 17.5 Å². The number of nitrogens with two attached hydrogens (primary N) is 1. The van der Waals surface area contributed by atoms with Gasteiger partial charge in [0, 0.05) is 34.2 Å². The molecule has 0 bridgehead atoms. The SMILES string of the molecule is CNC(=O)c1c(N2CCC(O)C2)sc(C(=O)N(C)C)c1N. The first kappa shape index (κ1) is 15.6. The second-order valence-electron chi connectivity index (χ2n) is 5.19. The van der Waals surface area contributed by atoms with Gasteiger partial charge in [-0.2, -0.15) is 0 Å². The molecule has 0 radical (unpaired) electrons. The summed E-state index contributed by atoms with van der Waals surface area (Å²) in [7, 11) is 4.80. The third-order valence-electron chi connectivity index (χ3n) is 3.43. The van der Waals surface area contributed by atoms with Crippen LogP contribution in [0.2, 0.25) is 0 Å². The van der Waals surface area contributed by atoms with Crippen molar-refractivity contribution in [1.82, 2.24) is 10.2 Å². The number of carbonyl (C=O) groups is 2. The van der Waals surface area contributed by atoms with Gasteiger partial charge >= 0.3 is 0 Å². The summed E-state index contributed by atoms with van der Waals surface area (Å²) in [5, 5.41) is 12.9. The Morgan fingerprint density at radius 2 is 2.14 bits per heavy atom. The highest BCUT2D eigenvalue weighted by Gasteiger charge is 2.31. The monoisotopic (exact) mass is 312 g/mol. The molecule has 2 heterocycles. The number of aliphatic hydroxyl groups excluding tert-OH is 1. The van der Waals surface area contributed by atoms with Crippen LogP contribution in [-0.4, -0.2) is 62.2 Å². The smallest absolute Gasteiger partial charge is 0.265 e. The second kappa shape index (κ2) is 5.90. The number of nitrogen functional groups attached to an aromatic ring is 1. The molecular formula is C13H20N4O3S. The number of hydrogen-bond acceptors (Lipinski definition) is 6. The summed E-state index contributed by atoms with van der Waals surface area (Å²) in [6.07, 6.45) is 0.223. The predicted octanol–water partition coefficient (Wildman–Crippen LogP) is -0.0373. The first-order valence-corrected chi connectivity index (χ1v) is 7.47. The Morgan fingerprint density at radius 1 is 1.48 bits per heavy atom. The largest absolute Gasteiger partial charge is 0.397 e. The summed E-state index contributed by atoms with van der Waals surface area (Å²) in [5.41, 5.74) is 6.56. The average molecular weight is 312 g/mol. The predicted molar refractivity (Wildman–Crippen MR) is 83.0 cm³/mol. The molecule has 1 fully saturated rings. The van der Waals surface area contributed by atoms with Crippen molar-refractivity contribution in [1.29, 1.82) is 0 Å². The van der Waals surface area contributed by atoms with Crippen LogP contribution >= 0.6 is 11.3 Å². The zero-order valence-electron chi connectivity index (χ0n) is 12.3. The number of anilines is 2. The first-order valence-electron chi connectivity index (χ1n) is 6.65. The Labute approximate surface area is 127 Å². The summed E-state index contributed by atoms with van der Waals surface area (Å²) >= 11 is 1.20. The van der Waals surface area contributed by atoms with E-state index in [0.717, 1.165) is 0 Å². The normalized spacial score (nSPS) is 17.9. The minimum absolute atomic E-state index is 0.203. The van der Waals surface area contributed by atoms with Crippen molar-refractivity contribution in [3.8, 4) is 0 Å². The summed E-state index contributed by atoms with van der Waals surface area (Å²) in [5.74, 6) is -0.549. The molecule has 21 heavy (non-hydrogen) atoms. The number of nitrogens with zero attached hydrogens (tertiary/aromatic N) is 2. The summed E-state index contributed by atoms with van der Waals surface area (Å²) in [6, 6.07) is 0. The minimum Gasteiger partial charge on any atom is -0.397 e. The molecule has 7 nitrogen and oxygen atoms in total. The van der Waals surface area contributed by atoms with Crippen molar-refractivity contribution in [2.45, 2.75) is 12.5 Å². The van der Waals surface area contributed by atoms with Crippen LogP contribution in [0.3, 0.4) is 0 Å². The van der Waals surface area contributed by atoms with Gasteiger partial charge in [0.05, 0.1) is 17.4 Å². The molecule has 1 aliphatic heterocycles. The van der Waals surface area contributed by atoms with Gasteiger partial charge < -0.3 is 26.0 Å². The van der Waals surface area contributed by atoms with Crippen LogP contribution in [0.25, 0.3) is 0 Å². The maximum atomic E-state index is 12.2. The van der Waals surface area contributed by atoms with Gasteiger partial charge in [-0.05, 0) is 6.42 Å². The lowest BCUT2D eigenvalue weighted by Gasteiger charge is -2.17. The second-order valence-corrected chi connectivity index (χ2v) is 6.19. The number of nitrogens with one attached hydrogen (secondary N) is 1. The molecule has 1 aromatic rings. The van der Waals surface area contributed by atoms with E-state index < -0.39 is 6.10 Å². The number of β-amino-alcohol motifs (C(OH)–C–C–N with tert-alkyl or cyclic N) is 1. The van der Waals surface area contributed by atoms with Crippen molar-refractivity contribution in [3.05, 3.63) is 10.4 Å². The van der Waals surface area contributed by atoms with Crippen molar-refractivity contribution < 1.29 is 14.7 Å². The van der Waals surface area contributed by atoms with Crippen molar-refractivity contribution in [2.24, 2.45) is 0 Å². The Morgan fingerprint density at radius 3 is 2.62 bits per heavy atom. The zero-order valence-corrected chi connectivity index (χ0v) is 13.2. The van der Waals surface area contributed by atoms with E-state index in [1.165, 1.54) is 23.3 Å². The highest BCUT2D eigenvalue weighted by molar-refractivity contribution is 7.19. The van der Waals surface area contributed by atoms with Gasteiger partial charge in [-0.15, -0.1) is 11.3 Å². The average Bonchev–Trinajstić information content (AvgIpc) is 3.00. The third kappa shape index (κ3) is 2.81. The van der Waals surface area contributed by atoms with E-state index in [1.54, 1.807) is 14.1 Å². The van der Waals surface area contributed by atoms with Crippen LogP contribution in [0.4, 0.5) is 10.7 Å². The molecule has 1 unspecified atom stereocenters. The molecule has 8 heteroatoms. The lowest BCUT2D eigenvalue weighted by molar-refractivity contribution is 0.0833. The lowest BCUT2D eigenvalue weighted by Crippen LogP contribution is -2.26. The molecule has 2 rings (SSSR count). The molecule has 0 aromatic carbocycles. The topological polar surface area (TPSA) is 98.9 Å². The van der Waals surface area contributed by atoms with Gasteiger partial charge in [-0.25, -0.2) is 0 Å². The molecule has 1 aromatic heterocycles. The van der Waals surface area contributed by atoms with Crippen molar-refractivity contribution >= 4 is 33.8 Å². The first-order chi connectivity index (χ1) is 9.86. The molecule has 0 spiro atoms. The fraction of sp³-hybridized carbons (Fsp3) is 0.538. The Hall–Kier alpha value is -1.80. The van der Waals surface area contributed by atoms with Crippen LogP contribution in [0, 0.1) is 0 Å². The molecule has 116 valence electrons. The standard InChI is InChI=1S/C13H20N4O3S/c1-15-11(19)8-9(14)10(12(20)16(2)3)21-13(8)17-5-4-7(18)6-17/h7,18H,4-6,14H2,1-3H3,(H,15,19). The fourth-order valence-corrected chi connectivity index (χ4v) is 3.56. The molecule has 1 saturated heterocycles. The number of amides is 2. The van der Waals surface area contributed by atoms with Crippen LogP contribution in [0.1, 0.15) is 26.5 Å². The molecule has 0 aliphatic carbocycles. The Bertz CT molecular complexity index is 570. The van der Waals surface area contributed by atoms with Gasteiger partial charge in [0.15, 0.2) is 0 Å². The molecule has 1 atom stereocenters. The molecule has 2 amide bonds. The van der Waals surface area contributed by atoms with Gasteiger partial charge in [0.25, 0.3) is 11.8 Å². The molecule has 1 aliphatic rings. The van der Waals surface area contributed by atoms with Gasteiger partial charge in [0.1, 0.15) is 9.88 Å². The highest BCUT2D eigenvalue weighted by Crippen LogP contribution is 2.40. The zero-order chi connectivity index (χ0) is 15.7.